The first kappa shape index (κ1) is 25.2. The molecule has 0 spiro atoms. The molecule has 4 aromatic rings. The molecule has 36 heavy (non-hydrogen) atoms. The van der Waals surface area contributed by atoms with Gasteiger partial charge < -0.3 is 0 Å². The molecule has 0 radical (unpaired) electrons. The molecule has 0 amide bonds. The maximum atomic E-state index is 14.4. The van der Waals surface area contributed by atoms with Crippen molar-refractivity contribution in [2.75, 3.05) is 0 Å². The minimum Gasteiger partial charge on any atom is -0.290 e. The van der Waals surface area contributed by atoms with Gasteiger partial charge in [0, 0.05) is 17.8 Å². The number of benzene rings is 1. The summed E-state index contributed by atoms with van der Waals surface area (Å²) in [6.45, 7) is 3.96. The van der Waals surface area contributed by atoms with Crippen LogP contribution in [0.2, 0.25) is 0 Å². The summed E-state index contributed by atoms with van der Waals surface area (Å²) in [4.78, 5) is 12.2. The third kappa shape index (κ3) is 4.52. The number of alkyl halides is 3. The first-order valence-electron chi connectivity index (χ1n) is 10.4. The molecule has 4 rings (SSSR count). The number of nitriles is 1. The number of hydrogen-bond donors (Lipinski definition) is 1. The van der Waals surface area contributed by atoms with Gasteiger partial charge in [-0.2, -0.15) is 23.2 Å². The van der Waals surface area contributed by atoms with Crippen molar-refractivity contribution in [3.63, 3.8) is 0 Å². The molecule has 186 valence electrons. The molecule has 0 saturated carbocycles. The van der Waals surface area contributed by atoms with E-state index in [4.69, 9.17) is 0 Å². The van der Waals surface area contributed by atoms with Crippen LogP contribution < -0.4 is 4.72 Å². The number of halogens is 4. The Morgan fingerprint density at radius 1 is 1.14 bits per heavy atom. The average molecular weight is 518 g/mol. The highest BCUT2D eigenvalue weighted by molar-refractivity contribution is 7.89. The van der Waals surface area contributed by atoms with E-state index in [1.54, 1.807) is 29.2 Å². The molecule has 3 aromatic heterocycles. The predicted octanol–water partition coefficient (Wildman–Crippen LogP) is 4.34. The highest BCUT2D eigenvalue weighted by Crippen LogP contribution is 2.36. The summed E-state index contributed by atoms with van der Waals surface area (Å²) in [5, 5.41) is 10.2. The molecule has 1 unspecified atom stereocenters. The largest absolute Gasteiger partial charge is 0.404 e. The van der Waals surface area contributed by atoms with Crippen molar-refractivity contribution >= 4 is 20.9 Å². The minimum atomic E-state index is -4.77. The Kier molecular flexibility index (Phi) is 6.27. The van der Waals surface area contributed by atoms with E-state index < -0.39 is 33.0 Å². The van der Waals surface area contributed by atoms with Gasteiger partial charge in [0.1, 0.15) is 22.8 Å². The number of rotatable bonds is 5. The van der Waals surface area contributed by atoms with E-state index in [9.17, 15) is 31.2 Å². The fourth-order valence-electron chi connectivity index (χ4n) is 3.61. The zero-order valence-corrected chi connectivity index (χ0v) is 19.9. The number of sulfonamides is 1. The maximum absolute atomic E-state index is 14.4. The molecular weight excluding hydrogens is 500 g/mol. The molecule has 1 N–H and O–H groups in total. The third-order valence-electron chi connectivity index (χ3n) is 5.44. The van der Waals surface area contributed by atoms with Crippen molar-refractivity contribution in [3.8, 4) is 23.3 Å². The quantitative estimate of drug-likeness (QED) is 0.393. The van der Waals surface area contributed by atoms with E-state index in [0.29, 0.717) is 29.5 Å². The molecule has 0 aliphatic heterocycles. The van der Waals surface area contributed by atoms with Gasteiger partial charge in [0.15, 0.2) is 5.82 Å². The lowest BCUT2D eigenvalue weighted by molar-refractivity contribution is -0.147. The Balaban J connectivity index is 1.92. The van der Waals surface area contributed by atoms with Crippen LogP contribution in [-0.4, -0.2) is 40.2 Å². The van der Waals surface area contributed by atoms with Gasteiger partial charge in [0.05, 0.1) is 34.4 Å². The summed E-state index contributed by atoms with van der Waals surface area (Å²) in [5.41, 5.74) is 1.69. The van der Waals surface area contributed by atoms with Crippen molar-refractivity contribution < 1.29 is 26.0 Å². The predicted molar refractivity (Wildman–Crippen MR) is 122 cm³/mol. The molecule has 0 saturated heterocycles. The number of nitrogens with one attached hydrogen (secondary N) is 1. The summed E-state index contributed by atoms with van der Waals surface area (Å²) in [6, 6.07) is 4.82. The Morgan fingerprint density at radius 3 is 2.44 bits per heavy atom. The van der Waals surface area contributed by atoms with Gasteiger partial charge in [-0.25, -0.2) is 17.8 Å². The average Bonchev–Trinajstić information content (AvgIpc) is 3.11. The van der Waals surface area contributed by atoms with E-state index in [-0.39, 0.29) is 22.3 Å². The highest BCUT2D eigenvalue weighted by atomic mass is 32.2. The second kappa shape index (κ2) is 8.96. The van der Waals surface area contributed by atoms with Gasteiger partial charge in [-0.3, -0.25) is 14.5 Å². The van der Waals surface area contributed by atoms with Crippen LogP contribution in [0.3, 0.4) is 0 Å². The van der Waals surface area contributed by atoms with Gasteiger partial charge >= 0.3 is 6.18 Å². The second-order valence-electron chi connectivity index (χ2n) is 8.07. The number of aromatic nitrogens is 4. The van der Waals surface area contributed by atoms with Crippen LogP contribution in [0.25, 0.3) is 28.1 Å². The normalized spacial score (nSPS) is 13.1. The Morgan fingerprint density at radius 2 is 1.86 bits per heavy atom. The number of aryl methyl sites for hydroxylation is 2. The van der Waals surface area contributed by atoms with E-state index >= 15 is 0 Å². The second-order valence-corrected chi connectivity index (χ2v) is 9.79. The number of hydrogen-bond acceptors (Lipinski definition) is 6. The van der Waals surface area contributed by atoms with Crippen LogP contribution in [0.4, 0.5) is 17.6 Å². The van der Waals surface area contributed by atoms with Gasteiger partial charge in [-0.1, -0.05) is 0 Å². The van der Waals surface area contributed by atoms with Gasteiger partial charge in [-0.05, 0) is 50.6 Å². The van der Waals surface area contributed by atoms with Gasteiger partial charge in [0.2, 0.25) is 10.0 Å². The van der Waals surface area contributed by atoms with E-state index in [2.05, 4.69) is 15.0 Å². The summed E-state index contributed by atoms with van der Waals surface area (Å²) in [6.07, 6.45) is -0.919. The Hall–Kier alpha value is -3.89. The fraction of sp³-hybridized carbons (Fsp3) is 0.217. The molecule has 1 aromatic carbocycles. The van der Waals surface area contributed by atoms with Crippen LogP contribution >= 0.6 is 0 Å². The van der Waals surface area contributed by atoms with Crippen LogP contribution in [0.5, 0.6) is 0 Å². The van der Waals surface area contributed by atoms with Crippen LogP contribution in [0.15, 0.2) is 47.8 Å². The highest BCUT2D eigenvalue weighted by Gasteiger charge is 2.39. The smallest absolute Gasteiger partial charge is 0.290 e. The Bertz CT molecular complexity index is 1620. The molecular formula is C23H18F4N6O2S. The summed E-state index contributed by atoms with van der Waals surface area (Å²) < 4.78 is 80.9. The van der Waals surface area contributed by atoms with Crippen molar-refractivity contribution in [2.24, 2.45) is 0 Å². The summed E-state index contributed by atoms with van der Waals surface area (Å²) in [7, 11) is -4.54. The van der Waals surface area contributed by atoms with Crippen molar-refractivity contribution in [3.05, 3.63) is 65.5 Å². The molecule has 3 heterocycles. The topological polar surface area (TPSA) is 114 Å². The monoisotopic (exact) mass is 518 g/mol. The fourth-order valence-corrected chi connectivity index (χ4v) is 4.78. The van der Waals surface area contributed by atoms with E-state index in [1.165, 1.54) is 24.5 Å². The lowest BCUT2D eigenvalue weighted by atomic mass is 10.1. The zero-order chi connectivity index (χ0) is 26.4. The van der Waals surface area contributed by atoms with Crippen molar-refractivity contribution in [1.82, 2.24) is 24.2 Å². The molecule has 0 aliphatic carbocycles. The molecule has 13 heteroatoms. The first-order chi connectivity index (χ1) is 16.8. The van der Waals surface area contributed by atoms with Gasteiger partial charge in [0.25, 0.3) is 0 Å². The molecule has 0 aliphatic rings. The third-order valence-corrected chi connectivity index (χ3v) is 6.97. The van der Waals surface area contributed by atoms with Crippen molar-refractivity contribution in [2.45, 2.75) is 37.9 Å². The summed E-state index contributed by atoms with van der Waals surface area (Å²) in [5.74, 6) is -0.223. The zero-order valence-electron chi connectivity index (χ0n) is 19.1. The van der Waals surface area contributed by atoms with E-state index in [1.807, 2.05) is 6.07 Å². The van der Waals surface area contributed by atoms with E-state index in [0.717, 1.165) is 12.3 Å². The van der Waals surface area contributed by atoms with Crippen LogP contribution in [0.1, 0.15) is 23.7 Å². The first-order valence-corrected chi connectivity index (χ1v) is 11.9. The maximum Gasteiger partial charge on any atom is 0.404 e. The number of pyridine rings is 1. The number of nitrogens with zero attached hydrogens (tertiary/aromatic N) is 5. The van der Waals surface area contributed by atoms with Gasteiger partial charge in [-0.15, -0.1) is 0 Å². The Labute approximate surface area is 203 Å². The summed E-state index contributed by atoms with van der Waals surface area (Å²) >= 11 is 0. The molecule has 1 atom stereocenters. The molecule has 0 fully saturated rings. The van der Waals surface area contributed by atoms with Crippen molar-refractivity contribution in [1.29, 1.82) is 5.26 Å². The number of fused-ring (bicyclic) bond motifs is 1. The molecule has 0 bridgehead atoms. The van der Waals surface area contributed by atoms with Crippen LogP contribution in [0, 0.1) is 31.0 Å². The lowest BCUT2D eigenvalue weighted by Crippen LogP contribution is -2.42. The standard InChI is InChI=1S/C23H18F4N6O2S/c1-12-6-20-16(7-18(12)24)17(8-28)22(33(20)21-11-29-9-13(2)31-21)19-5-4-15(10-30-19)36(34,35)32-14(3)23(25,26)27/h4-7,9-11,14,32H,1-3H3. The SMILES string of the molecule is Cc1cncc(-n2c(-c3ccc(S(=O)(=O)NC(C)C(F)(F)F)cn3)c(C#N)c3cc(F)c(C)cc32)n1. The van der Waals surface area contributed by atoms with Crippen LogP contribution in [-0.2, 0) is 10.0 Å². The molecule has 8 nitrogen and oxygen atoms in total. The lowest BCUT2D eigenvalue weighted by Gasteiger charge is -2.17. The minimum absolute atomic E-state index is 0.0548.